The molecule has 3 saturated heterocycles. The van der Waals surface area contributed by atoms with Gasteiger partial charge in [-0.1, -0.05) is 54.3 Å². The fourth-order valence-corrected chi connectivity index (χ4v) is 11.2. The first-order valence-corrected chi connectivity index (χ1v) is 18.3. The van der Waals surface area contributed by atoms with Gasteiger partial charge in [-0.25, -0.2) is 0 Å². The lowest BCUT2D eigenvalue weighted by molar-refractivity contribution is -0.143. The van der Waals surface area contributed by atoms with Crippen LogP contribution in [0.1, 0.15) is 65.7 Å². The van der Waals surface area contributed by atoms with Crippen LogP contribution in [-0.2, 0) is 14.4 Å². The second-order valence-corrected chi connectivity index (χ2v) is 15.1. The second kappa shape index (κ2) is 16.0. The molecule has 4 unspecified atom stereocenters. The maximum atomic E-state index is 14.7. The summed E-state index contributed by atoms with van der Waals surface area (Å²) >= 11 is 5.58. The van der Waals surface area contributed by atoms with E-state index >= 15 is 0 Å². The van der Waals surface area contributed by atoms with Crippen LogP contribution >= 0.6 is 27.7 Å². The minimum absolute atomic E-state index is 0.000924. The first-order valence-electron chi connectivity index (χ1n) is 16.5. The molecule has 4 rings (SSSR count). The number of fused-ring (bicyclic) bond motifs is 1. The molecule has 3 amide bonds. The van der Waals surface area contributed by atoms with Gasteiger partial charge in [-0.05, 0) is 63.8 Å². The highest BCUT2D eigenvalue weighted by atomic mass is 79.9. The zero-order valence-electron chi connectivity index (χ0n) is 27.0. The lowest BCUT2D eigenvalue weighted by atomic mass is 9.70. The molecule has 3 heterocycles. The molecule has 7 atom stereocenters. The van der Waals surface area contributed by atoms with Crippen molar-refractivity contribution in [2.24, 2.45) is 11.8 Å². The topological polar surface area (TPSA) is 90.4 Å². The molecule has 8 nitrogen and oxygen atoms in total. The van der Waals surface area contributed by atoms with Gasteiger partial charge in [0.25, 0.3) is 0 Å². The number of thioether (sulfide) groups is 1. The minimum Gasteiger partial charge on any atom is -0.494 e. The number of anilines is 1. The second-order valence-electron chi connectivity index (χ2n) is 12.4. The smallest absolute Gasteiger partial charge is 0.247 e. The summed E-state index contributed by atoms with van der Waals surface area (Å²) in [7, 11) is 0. The van der Waals surface area contributed by atoms with Crippen LogP contribution in [-0.4, -0.2) is 92.4 Å². The maximum Gasteiger partial charge on any atom is 0.247 e. The number of alkyl halides is 1. The highest BCUT2D eigenvalue weighted by Crippen LogP contribution is 2.68. The number of amides is 3. The number of ether oxygens (including phenoxy) is 1. The maximum absolute atomic E-state index is 14.7. The summed E-state index contributed by atoms with van der Waals surface area (Å²) in [5.41, 5.74) is 0.723. The largest absolute Gasteiger partial charge is 0.494 e. The molecule has 0 radical (unpaired) electrons. The van der Waals surface area contributed by atoms with E-state index in [1.54, 1.807) is 28.8 Å². The van der Waals surface area contributed by atoms with Gasteiger partial charge in [0.2, 0.25) is 17.7 Å². The van der Waals surface area contributed by atoms with Crippen LogP contribution in [0.4, 0.5) is 5.69 Å². The lowest BCUT2D eigenvalue weighted by Crippen LogP contribution is -2.57. The fourth-order valence-electron chi connectivity index (χ4n) is 7.56. The number of aliphatic hydroxyl groups is 1. The highest BCUT2D eigenvalue weighted by Gasteiger charge is 2.76. The highest BCUT2D eigenvalue weighted by molar-refractivity contribution is 9.09. The van der Waals surface area contributed by atoms with Gasteiger partial charge in [0, 0.05) is 48.0 Å². The van der Waals surface area contributed by atoms with Crippen LogP contribution in [0.5, 0.6) is 5.75 Å². The van der Waals surface area contributed by atoms with Crippen LogP contribution in [0.3, 0.4) is 0 Å². The minimum atomic E-state index is -0.706. The summed E-state index contributed by atoms with van der Waals surface area (Å²) in [6, 6.07) is 6.80. The van der Waals surface area contributed by atoms with Crippen molar-refractivity contribution in [2.45, 2.75) is 92.6 Å². The van der Waals surface area contributed by atoms with E-state index < -0.39 is 22.6 Å². The standard InChI is InChI=1S/C35H50BrN3O5S/c1-6-14-24(5)37(19-7-2)34(43)31-35-23-27(36)30(45-35)28(29(35)33(42)39(31)21-12-10-11-13-22-40)32(41)38(20-8-3)25-15-17-26(18-16-25)44-9-4/h7-8,15-18,24,27-31,40H,2-3,6,9-14,19-23H2,1,4-5H3/t24?,27?,28-,29-,30-,31?,35?/m0/s1. The van der Waals surface area contributed by atoms with E-state index in [0.29, 0.717) is 39.1 Å². The van der Waals surface area contributed by atoms with E-state index in [1.807, 2.05) is 41.0 Å². The Morgan fingerprint density at radius 2 is 1.82 bits per heavy atom. The number of halogens is 1. The SMILES string of the molecule is C=CCN(C(=O)[C@H]1[C@H]2C(=O)N(CCCCCCO)C(C(=O)N(CC=C)C(C)CCC)C23CC(Br)[C@@H]1S3)c1ccc(OCC)cc1. The number of carbonyl (C=O) groups is 3. The van der Waals surface area contributed by atoms with Crippen LogP contribution in [0.15, 0.2) is 49.6 Å². The van der Waals surface area contributed by atoms with Crippen molar-refractivity contribution < 1.29 is 24.2 Å². The van der Waals surface area contributed by atoms with Crippen molar-refractivity contribution in [1.29, 1.82) is 0 Å². The van der Waals surface area contributed by atoms with Crippen LogP contribution in [0, 0.1) is 11.8 Å². The van der Waals surface area contributed by atoms with Crippen LogP contribution in [0.2, 0.25) is 0 Å². The number of benzene rings is 1. The lowest BCUT2D eigenvalue weighted by Gasteiger charge is -2.40. The van der Waals surface area contributed by atoms with Crippen molar-refractivity contribution in [1.82, 2.24) is 9.80 Å². The molecule has 3 aliphatic heterocycles. The Balaban J connectivity index is 1.73. The van der Waals surface area contributed by atoms with Crippen molar-refractivity contribution >= 4 is 51.1 Å². The van der Waals surface area contributed by atoms with E-state index in [9.17, 15) is 19.5 Å². The fraction of sp³-hybridized carbons (Fsp3) is 0.629. The molecule has 0 aromatic heterocycles. The van der Waals surface area contributed by atoms with E-state index in [1.165, 1.54) is 0 Å². The Morgan fingerprint density at radius 1 is 1.13 bits per heavy atom. The number of rotatable bonds is 18. The van der Waals surface area contributed by atoms with Gasteiger partial charge < -0.3 is 24.5 Å². The molecule has 1 aromatic rings. The zero-order valence-corrected chi connectivity index (χ0v) is 29.4. The number of aliphatic hydroxyl groups excluding tert-OH is 1. The molecule has 1 aromatic carbocycles. The van der Waals surface area contributed by atoms with E-state index in [-0.39, 0.29) is 40.4 Å². The van der Waals surface area contributed by atoms with Gasteiger partial charge in [0.15, 0.2) is 0 Å². The summed E-state index contributed by atoms with van der Waals surface area (Å²) in [6.45, 7) is 15.8. The van der Waals surface area contributed by atoms with Gasteiger partial charge in [-0.2, -0.15) is 0 Å². The normalized spacial score (nSPS) is 27.3. The Morgan fingerprint density at radius 3 is 2.44 bits per heavy atom. The summed E-state index contributed by atoms with van der Waals surface area (Å²) in [6.07, 6.45) is 9.09. The van der Waals surface area contributed by atoms with E-state index in [2.05, 4.69) is 42.9 Å². The van der Waals surface area contributed by atoms with Gasteiger partial charge in [0.05, 0.1) is 23.2 Å². The third kappa shape index (κ3) is 7.03. The number of nitrogens with zero attached hydrogens (tertiary/aromatic N) is 3. The Hall–Kier alpha value is -2.30. The molecular weight excluding hydrogens is 654 g/mol. The third-order valence-corrected chi connectivity index (χ3v) is 12.7. The quantitative estimate of drug-likeness (QED) is 0.118. The molecule has 2 bridgehead atoms. The molecular formula is C35H50BrN3O5S. The van der Waals surface area contributed by atoms with Gasteiger partial charge in [-0.3, -0.25) is 14.4 Å². The molecule has 1 spiro atoms. The van der Waals surface area contributed by atoms with Gasteiger partial charge in [-0.15, -0.1) is 24.9 Å². The average molecular weight is 705 g/mol. The Labute approximate surface area is 281 Å². The van der Waals surface area contributed by atoms with Crippen LogP contribution in [0.25, 0.3) is 0 Å². The molecule has 0 aliphatic carbocycles. The Bertz CT molecular complexity index is 1210. The molecule has 1 N–H and O–H groups in total. The average Bonchev–Trinajstić information content (AvgIpc) is 3.62. The predicted octanol–water partition coefficient (Wildman–Crippen LogP) is 5.82. The number of carbonyl (C=O) groups excluding carboxylic acids is 3. The first-order chi connectivity index (χ1) is 21.7. The Kier molecular flexibility index (Phi) is 12.6. The number of hydrogen-bond donors (Lipinski definition) is 1. The van der Waals surface area contributed by atoms with Gasteiger partial charge in [0.1, 0.15) is 11.8 Å². The zero-order chi connectivity index (χ0) is 32.7. The number of unbranched alkanes of at least 4 members (excludes halogenated alkanes) is 3. The monoisotopic (exact) mass is 703 g/mol. The van der Waals surface area contributed by atoms with E-state index in [4.69, 9.17) is 4.74 Å². The molecule has 3 fully saturated rings. The summed E-state index contributed by atoms with van der Waals surface area (Å²) in [5.74, 6) is -0.692. The first kappa shape index (κ1) is 35.6. The number of hydrogen-bond acceptors (Lipinski definition) is 6. The van der Waals surface area contributed by atoms with Crippen molar-refractivity contribution in [2.75, 3.05) is 37.7 Å². The summed E-state index contributed by atoms with van der Waals surface area (Å²) in [5, 5.41) is 9.12. The van der Waals surface area contributed by atoms with E-state index in [0.717, 1.165) is 43.5 Å². The summed E-state index contributed by atoms with van der Waals surface area (Å²) < 4.78 is 4.91. The molecule has 248 valence electrons. The van der Waals surface area contributed by atoms with Crippen LogP contribution < -0.4 is 9.64 Å². The summed E-state index contributed by atoms with van der Waals surface area (Å²) in [4.78, 5) is 49.3. The molecule has 10 heteroatoms. The number of likely N-dealkylation sites (tertiary alicyclic amines) is 1. The molecule has 0 saturated carbocycles. The molecule has 45 heavy (non-hydrogen) atoms. The molecule has 3 aliphatic rings. The predicted molar refractivity (Wildman–Crippen MR) is 186 cm³/mol. The van der Waals surface area contributed by atoms with Crippen molar-refractivity contribution in [3.05, 3.63) is 49.6 Å². The van der Waals surface area contributed by atoms with Gasteiger partial charge >= 0.3 is 0 Å². The third-order valence-electron chi connectivity index (χ3n) is 9.50. The van der Waals surface area contributed by atoms with Crippen molar-refractivity contribution in [3.8, 4) is 5.75 Å². The van der Waals surface area contributed by atoms with Crippen molar-refractivity contribution in [3.63, 3.8) is 0 Å².